The zero-order chi connectivity index (χ0) is 22.6. The van der Waals surface area contributed by atoms with E-state index in [4.69, 9.17) is 0 Å². The number of amides is 3. The molecule has 5 nitrogen and oxygen atoms in total. The summed E-state index contributed by atoms with van der Waals surface area (Å²) >= 11 is 0. The summed E-state index contributed by atoms with van der Waals surface area (Å²) in [4.78, 5) is 28.3. The van der Waals surface area contributed by atoms with Gasteiger partial charge in [0.25, 0.3) is 0 Å². The number of alkyl halides is 3. The number of likely N-dealkylation sites (tertiary alicyclic amines) is 1. The van der Waals surface area contributed by atoms with Gasteiger partial charge in [0, 0.05) is 18.2 Å². The Morgan fingerprint density at radius 2 is 1.88 bits per heavy atom. The minimum Gasteiger partial charge on any atom is -0.334 e. The Balaban J connectivity index is 1.26. The highest BCUT2D eigenvalue weighted by Gasteiger charge is 2.42. The average Bonchev–Trinajstić information content (AvgIpc) is 3.35. The van der Waals surface area contributed by atoms with Gasteiger partial charge < -0.3 is 15.1 Å². The first kappa shape index (κ1) is 20.5. The van der Waals surface area contributed by atoms with Crippen molar-refractivity contribution in [2.75, 3.05) is 18.4 Å². The summed E-state index contributed by atoms with van der Waals surface area (Å²) in [6.07, 6.45) is -1.74. The Bertz CT molecular complexity index is 1130. The van der Waals surface area contributed by atoms with Gasteiger partial charge in [-0.15, -0.1) is 0 Å². The molecule has 1 N–H and O–H groups in total. The van der Waals surface area contributed by atoms with Crippen LogP contribution in [0.4, 0.5) is 28.0 Å². The first-order valence-corrected chi connectivity index (χ1v) is 10.2. The maximum absolute atomic E-state index is 13.5. The molecule has 0 spiro atoms. The molecule has 5 rings (SSSR count). The summed E-state index contributed by atoms with van der Waals surface area (Å²) in [5.41, 5.74) is 2.12. The Labute approximate surface area is 181 Å². The number of urea groups is 1. The fourth-order valence-electron chi connectivity index (χ4n) is 4.73. The molecule has 0 saturated carbocycles. The van der Waals surface area contributed by atoms with Gasteiger partial charge in [-0.3, -0.25) is 4.79 Å². The van der Waals surface area contributed by atoms with Crippen LogP contribution >= 0.6 is 0 Å². The maximum atomic E-state index is 13.5. The van der Waals surface area contributed by atoms with E-state index in [0.717, 1.165) is 23.3 Å². The topological polar surface area (TPSA) is 52.7 Å². The van der Waals surface area contributed by atoms with Gasteiger partial charge in [-0.05, 0) is 53.5 Å². The second-order valence-corrected chi connectivity index (χ2v) is 8.33. The minimum absolute atomic E-state index is 0.0469. The summed E-state index contributed by atoms with van der Waals surface area (Å²) in [7, 11) is 0. The average molecular weight is 445 g/mol. The summed E-state index contributed by atoms with van der Waals surface area (Å²) in [5, 5.41) is 2.67. The van der Waals surface area contributed by atoms with Crippen LogP contribution in [-0.2, 0) is 17.5 Å². The third kappa shape index (κ3) is 3.61. The molecule has 9 heteroatoms. The predicted molar refractivity (Wildman–Crippen MR) is 109 cm³/mol. The summed E-state index contributed by atoms with van der Waals surface area (Å²) in [6.45, 7) is 0.463. The van der Waals surface area contributed by atoms with Gasteiger partial charge in [-0.1, -0.05) is 18.2 Å². The number of hydrogen-bond acceptors (Lipinski definition) is 2. The number of carbonyl (C=O) groups is 2. The highest BCUT2D eigenvalue weighted by atomic mass is 19.4. The quantitative estimate of drug-likeness (QED) is 0.707. The van der Waals surface area contributed by atoms with Crippen LogP contribution in [0, 0.1) is 11.7 Å². The number of carbonyl (C=O) groups excluding carboxylic acids is 2. The first-order chi connectivity index (χ1) is 15.2. The van der Waals surface area contributed by atoms with Gasteiger partial charge in [0.15, 0.2) is 0 Å². The molecule has 1 saturated heterocycles. The zero-order valence-electron chi connectivity index (χ0n) is 16.8. The number of hydrogen-bond donors (Lipinski definition) is 1. The number of anilines is 1. The smallest absolute Gasteiger partial charge is 0.334 e. The van der Waals surface area contributed by atoms with E-state index >= 15 is 0 Å². The molecule has 32 heavy (non-hydrogen) atoms. The lowest BCUT2D eigenvalue weighted by Gasteiger charge is -2.32. The van der Waals surface area contributed by atoms with Gasteiger partial charge in [0.2, 0.25) is 5.91 Å². The standard InChI is InChI=1S/C23H19F4N3O2/c24-17-5-6-20-15(7-17)10-29(22(32)28-20)12-21(31)30-11-14-8-18(30)9-19(14)13-1-3-16(4-2-13)23(25,26)27/h1-7,9,14,18H,8,10-12H2,(H,28,32)/t14-,18-/m0/s1. The fourth-order valence-corrected chi connectivity index (χ4v) is 4.73. The van der Waals surface area contributed by atoms with Crippen LogP contribution in [0.1, 0.15) is 23.1 Å². The van der Waals surface area contributed by atoms with Gasteiger partial charge >= 0.3 is 12.2 Å². The van der Waals surface area contributed by atoms with Crippen molar-refractivity contribution in [2.45, 2.75) is 25.2 Å². The zero-order valence-corrected chi connectivity index (χ0v) is 16.8. The highest BCUT2D eigenvalue weighted by Crippen LogP contribution is 2.43. The van der Waals surface area contributed by atoms with E-state index in [-0.39, 0.29) is 31.0 Å². The number of benzene rings is 2. The normalized spacial score (nSPS) is 22.0. The van der Waals surface area contributed by atoms with Crippen molar-refractivity contribution in [3.05, 3.63) is 71.0 Å². The molecule has 166 valence electrons. The van der Waals surface area contributed by atoms with Crippen LogP contribution in [-0.4, -0.2) is 40.9 Å². The molecular formula is C23H19F4N3O2. The van der Waals surface area contributed by atoms with E-state index in [2.05, 4.69) is 5.32 Å². The molecule has 2 aromatic carbocycles. The Hall–Kier alpha value is -3.36. The molecule has 3 aliphatic rings. The Morgan fingerprint density at radius 1 is 1.12 bits per heavy atom. The molecule has 0 radical (unpaired) electrons. The number of nitrogens with one attached hydrogen (secondary N) is 1. The molecule has 0 aromatic heterocycles. The van der Waals surface area contributed by atoms with Gasteiger partial charge in [0.1, 0.15) is 12.4 Å². The summed E-state index contributed by atoms with van der Waals surface area (Å²) in [6, 6.07) is 8.61. The molecule has 3 amide bonds. The molecule has 2 atom stereocenters. The van der Waals surface area contributed by atoms with Crippen molar-refractivity contribution in [1.29, 1.82) is 0 Å². The van der Waals surface area contributed by atoms with E-state index in [0.29, 0.717) is 24.2 Å². The third-order valence-electron chi connectivity index (χ3n) is 6.30. The second kappa shape index (κ2) is 7.36. The molecule has 1 aliphatic carbocycles. The van der Waals surface area contributed by atoms with Crippen molar-refractivity contribution in [1.82, 2.24) is 9.80 Å². The summed E-state index contributed by atoms with van der Waals surface area (Å²) in [5.74, 6) is -0.579. The van der Waals surface area contributed by atoms with Crippen LogP contribution in [0.3, 0.4) is 0 Å². The molecule has 2 heterocycles. The van der Waals surface area contributed by atoms with E-state index in [1.807, 2.05) is 6.08 Å². The molecule has 2 bridgehead atoms. The lowest BCUT2D eigenvalue weighted by Crippen LogP contribution is -2.47. The first-order valence-electron chi connectivity index (χ1n) is 10.2. The highest BCUT2D eigenvalue weighted by molar-refractivity contribution is 5.95. The minimum atomic E-state index is -4.38. The molecule has 1 fully saturated rings. The maximum Gasteiger partial charge on any atom is 0.416 e. The van der Waals surface area contributed by atoms with Gasteiger partial charge in [0.05, 0.1) is 18.2 Å². The van der Waals surface area contributed by atoms with Gasteiger partial charge in [-0.2, -0.15) is 13.2 Å². The Kier molecular flexibility index (Phi) is 4.72. The molecular weight excluding hydrogens is 426 g/mol. The fraction of sp³-hybridized carbons (Fsp3) is 0.304. The number of rotatable bonds is 3. The van der Waals surface area contributed by atoms with Gasteiger partial charge in [-0.25, -0.2) is 9.18 Å². The van der Waals surface area contributed by atoms with Crippen molar-refractivity contribution < 1.29 is 27.2 Å². The third-order valence-corrected chi connectivity index (χ3v) is 6.30. The van der Waals surface area contributed by atoms with Crippen LogP contribution in [0.15, 0.2) is 48.5 Å². The lowest BCUT2D eigenvalue weighted by molar-refractivity contribution is -0.137. The van der Waals surface area contributed by atoms with Crippen molar-refractivity contribution in [3.63, 3.8) is 0 Å². The second-order valence-electron chi connectivity index (χ2n) is 8.33. The van der Waals surface area contributed by atoms with Crippen LogP contribution in [0.5, 0.6) is 0 Å². The van der Waals surface area contributed by atoms with Crippen LogP contribution in [0.2, 0.25) is 0 Å². The van der Waals surface area contributed by atoms with E-state index in [1.165, 1.54) is 35.2 Å². The molecule has 0 unspecified atom stereocenters. The molecule has 2 aliphatic heterocycles. The number of fused-ring (bicyclic) bond motifs is 3. The van der Waals surface area contributed by atoms with E-state index in [1.54, 1.807) is 4.90 Å². The van der Waals surface area contributed by atoms with Crippen LogP contribution < -0.4 is 5.32 Å². The summed E-state index contributed by atoms with van der Waals surface area (Å²) < 4.78 is 51.9. The largest absolute Gasteiger partial charge is 0.416 e. The van der Waals surface area contributed by atoms with Crippen molar-refractivity contribution in [3.8, 4) is 0 Å². The number of halogens is 4. The number of nitrogens with zero attached hydrogens (tertiary/aromatic N) is 2. The van der Waals surface area contributed by atoms with E-state index < -0.39 is 23.6 Å². The monoisotopic (exact) mass is 445 g/mol. The SMILES string of the molecule is O=C1Nc2ccc(F)cc2CN1CC(=O)N1C[C@@H]2C[C@H]1C=C2c1ccc(C(F)(F)F)cc1. The predicted octanol–water partition coefficient (Wildman–Crippen LogP) is 4.51. The van der Waals surface area contributed by atoms with Crippen LogP contribution in [0.25, 0.3) is 5.57 Å². The Morgan fingerprint density at radius 3 is 2.53 bits per heavy atom. The lowest BCUT2D eigenvalue weighted by atomic mass is 9.94. The van der Waals surface area contributed by atoms with Crippen molar-refractivity contribution >= 4 is 23.2 Å². The molecule has 2 aromatic rings. The van der Waals surface area contributed by atoms with E-state index in [9.17, 15) is 27.2 Å². The van der Waals surface area contributed by atoms with Crippen molar-refractivity contribution in [2.24, 2.45) is 5.92 Å².